The van der Waals surface area contributed by atoms with Gasteiger partial charge in [-0.15, -0.1) is 0 Å². The normalized spacial score (nSPS) is 10.3. The molecular weight excluding hydrogens is 430 g/mol. The molecule has 0 radical (unpaired) electrons. The molecule has 4 aromatic carbocycles. The molecule has 4 aromatic rings. The van der Waals surface area contributed by atoms with Crippen LogP contribution in [0.25, 0.3) is 0 Å². The van der Waals surface area contributed by atoms with Crippen LogP contribution in [-0.2, 0) is 11.3 Å². The topological polar surface area (TPSA) is 73.9 Å². The summed E-state index contributed by atoms with van der Waals surface area (Å²) in [6.07, 6.45) is 0. The minimum Gasteiger partial charge on any atom is -0.489 e. The molecule has 1 amide bonds. The number of rotatable bonds is 8. The highest BCUT2D eigenvalue weighted by Gasteiger charge is 2.14. The fraction of sp³-hybridized carbons (Fsp3) is 0.0714. The number of ether oxygens (including phenoxy) is 3. The van der Waals surface area contributed by atoms with Gasteiger partial charge in [-0.1, -0.05) is 42.5 Å². The van der Waals surface area contributed by atoms with E-state index in [1.54, 1.807) is 48.5 Å². The van der Waals surface area contributed by atoms with Crippen molar-refractivity contribution in [2.45, 2.75) is 6.61 Å². The number of para-hydroxylation sites is 1. The lowest BCUT2D eigenvalue weighted by Gasteiger charge is -2.11. The average Bonchev–Trinajstić information content (AvgIpc) is 2.89. The van der Waals surface area contributed by atoms with E-state index in [1.807, 2.05) is 54.6 Å². The molecule has 0 aliphatic rings. The van der Waals surface area contributed by atoms with Crippen molar-refractivity contribution in [2.24, 2.45) is 0 Å². The van der Waals surface area contributed by atoms with Crippen LogP contribution in [0.1, 0.15) is 26.3 Å². The van der Waals surface area contributed by atoms with Crippen molar-refractivity contribution >= 4 is 17.6 Å². The number of esters is 1. The summed E-state index contributed by atoms with van der Waals surface area (Å²) in [5.41, 5.74) is 2.20. The highest BCUT2D eigenvalue weighted by atomic mass is 16.5. The van der Waals surface area contributed by atoms with Gasteiger partial charge >= 0.3 is 5.97 Å². The van der Waals surface area contributed by atoms with Gasteiger partial charge in [0.1, 0.15) is 23.9 Å². The first-order chi connectivity index (χ1) is 16.6. The SMILES string of the molecule is COC(=O)c1ccccc1NC(=O)c1ccc(Oc2ccc(OCc3ccccc3)cc2)cc1. The Morgan fingerprint density at radius 1 is 0.706 bits per heavy atom. The van der Waals surface area contributed by atoms with E-state index in [4.69, 9.17) is 14.2 Å². The standard InChI is InChI=1S/C28H23NO5/c1-32-28(31)25-9-5-6-10-26(25)29-27(30)21-11-13-23(14-12-21)34-24-17-15-22(16-18-24)33-19-20-7-3-2-4-8-20/h2-18H,19H2,1H3,(H,29,30). The van der Waals surface area contributed by atoms with Gasteiger partial charge in [0.25, 0.3) is 5.91 Å². The van der Waals surface area contributed by atoms with Crippen LogP contribution in [0.2, 0.25) is 0 Å². The lowest BCUT2D eigenvalue weighted by atomic mass is 10.1. The highest BCUT2D eigenvalue weighted by Crippen LogP contribution is 2.25. The van der Waals surface area contributed by atoms with E-state index in [1.165, 1.54) is 7.11 Å². The fourth-order valence-electron chi connectivity index (χ4n) is 3.23. The minimum absolute atomic E-state index is 0.287. The lowest BCUT2D eigenvalue weighted by molar-refractivity contribution is 0.0602. The zero-order valence-corrected chi connectivity index (χ0v) is 18.6. The van der Waals surface area contributed by atoms with Gasteiger partial charge in [-0.05, 0) is 66.2 Å². The number of benzene rings is 4. The van der Waals surface area contributed by atoms with Crippen LogP contribution in [0.3, 0.4) is 0 Å². The van der Waals surface area contributed by atoms with Crippen molar-refractivity contribution in [3.05, 3.63) is 120 Å². The van der Waals surface area contributed by atoms with E-state index in [0.29, 0.717) is 29.4 Å². The second-order valence-electron chi connectivity index (χ2n) is 7.36. The van der Waals surface area contributed by atoms with E-state index in [2.05, 4.69) is 5.32 Å². The predicted molar refractivity (Wildman–Crippen MR) is 129 cm³/mol. The van der Waals surface area contributed by atoms with Crippen molar-refractivity contribution < 1.29 is 23.8 Å². The first-order valence-corrected chi connectivity index (χ1v) is 10.7. The molecule has 4 rings (SSSR count). The molecule has 6 nitrogen and oxygen atoms in total. The van der Waals surface area contributed by atoms with Crippen molar-refractivity contribution in [2.75, 3.05) is 12.4 Å². The number of nitrogens with one attached hydrogen (secondary N) is 1. The smallest absolute Gasteiger partial charge is 0.339 e. The molecule has 0 fully saturated rings. The number of carbonyl (C=O) groups is 2. The summed E-state index contributed by atoms with van der Waals surface area (Å²) >= 11 is 0. The number of amides is 1. The van der Waals surface area contributed by atoms with E-state index in [-0.39, 0.29) is 11.5 Å². The summed E-state index contributed by atoms with van der Waals surface area (Å²) in [4.78, 5) is 24.5. The second kappa shape index (κ2) is 10.8. The Kier molecular flexibility index (Phi) is 7.20. The predicted octanol–water partition coefficient (Wildman–Crippen LogP) is 6.10. The minimum atomic E-state index is -0.517. The van der Waals surface area contributed by atoms with E-state index in [0.717, 1.165) is 11.3 Å². The molecule has 0 heterocycles. The first-order valence-electron chi connectivity index (χ1n) is 10.7. The van der Waals surface area contributed by atoms with Crippen molar-refractivity contribution in [3.63, 3.8) is 0 Å². The maximum Gasteiger partial charge on any atom is 0.339 e. The highest BCUT2D eigenvalue weighted by molar-refractivity contribution is 6.08. The van der Waals surface area contributed by atoms with Crippen molar-refractivity contribution in [3.8, 4) is 17.2 Å². The van der Waals surface area contributed by atoms with Gasteiger partial charge in [-0.3, -0.25) is 4.79 Å². The van der Waals surface area contributed by atoms with Gasteiger partial charge in [-0.2, -0.15) is 0 Å². The van der Waals surface area contributed by atoms with Crippen molar-refractivity contribution in [1.29, 1.82) is 0 Å². The van der Waals surface area contributed by atoms with Crippen LogP contribution < -0.4 is 14.8 Å². The van der Waals surface area contributed by atoms with Crippen LogP contribution in [-0.4, -0.2) is 19.0 Å². The van der Waals surface area contributed by atoms with Crippen molar-refractivity contribution in [1.82, 2.24) is 0 Å². The summed E-state index contributed by atoms with van der Waals surface area (Å²) < 4.78 is 16.4. The third-order valence-electron chi connectivity index (χ3n) is 5.00. The zero-order chi connectivity index (χ0) is 23.8. The first kappa shape index (κ1) is 22.6. The fourth-order valence-corrected chi connectivity index (χ4v) is 3.23. The number of hydrogen-bond donors (Lipinski definition) is 1. The molecule has 6 heteroatoms. The quantitative estimate of drug-likeness (QED) is 0.327. The molecule has 170 valence electrons. The van der Waals surface area contributed by atoms with Gasteiger partial charge < -0.3 is 19.5 Å². The molecule has 0 atom stereocenters. The molecule has 0 unspecified atom stereocenters. The number of carbonyl (C=O) groups excluding carboxylic acids is 2. The largest absolute Gasteiger partial charge is 0.489 e. The van der Waals surface area contributed by atoms with Crippen LogP contribution in [0.15, 0.2) is 103 Å². The van der Waals surface area contributed by atoms with Gasteiger partial charge in [0.15, 0.2) is 0 Å². The van der Waals surface area contributed by atoms with Crippen LogP contribution in [0, 0.1) is 0 Å². The Labute approximate surface area is 197 Å². The molecule has 0 spiro atoms. The summed E-state index contributed by atoms with van der Waals surface area (Å²) in [7, 11) is 1.30. The summed E-state index contributed by atoms with van der Waals surface area (Å²) in [5, 5.41) is 2.75. The number of anilines is 1. The lowest BCUT2D eigenvalue weighted by Crippen LogP contribution is -2.15. The zero-order valence-electron chi connectivity index (χ0n) is 18.6. The van der Waals surface area contributed by atoms with E-state index < -0.39 is 5.97 Å². The Hall–Kier alpha value is -4.58. The molecule has 1 N–H and O–H groups in total. The Bertz CT molecular complexity index is 1250. The maximum absolute atomic E-state index is 12.6. The van der Waals surface area contributed by atoms with Gasteiger partial charge in [0, 0.05) is 5.56 Å². The molecule has 0 saturated carbocycles. The molecule has 34 heavy (non-hydrogen) atoms. The molecule has 0 aliphatic carbocycles. The second-order valence-corrected chi connectivity index (χ2v) is 7.36. The van der Waals surface area contributed by atoms with E-state index in [9.17, 15) is 9.59 Å². The molecule has 0 saturated heterocycles. The Balaban J connectivity index is 1.35. The third-order valence-corrected chi connectivity index (χ3v) is 5.00. The van der Waals surface area contributed by atoms with Crippen LogP contribution in [0.5, 0.6) is 17.2 Å². The number of methoxy groups -OCH3 is 1. The van der Waals surface area contributed by atoms with Gasteiger partial charge in [0.05, 0.1) is 18.4 Å². The Morgan fingerprint density at radius 2 is 1.29 bits per heavy atom. The molecule has 0 bridgehead atoms. The van der Waals surface area contributed by atoms with E-state index >= 15 is 0 Å². The summed E-state index contributed by atoms with van der Waals surface area (Å²) in [6.45, 7) is 0.495. The molecule has 0 aromatic heterocycles. The van der Waals surface area contributed by atoms with Crippen LogP contribution >= 0.6 is 0 Å². The summed E-state index contributed by atoms with van der Waals surface area (Å²) in [5.74, 6) is 1.12. The Morgan fingerprint density at radius 3 is 1.97 bits per heavy atom. The molecular formula is C28H23NO5. The summed E-state index contributed by atoms with van der Waals surface area (Å²) in [6, 6.07) is 30.7. The number of hydrogen-bond acceptors (Lipinski definition) is 5. The third kappa shape index (κ3) is 5.81. The maximum atomic E-state index is 12.6. The van der Waals surface area contributed by atoms with Crippen LogP contribution in [0.4, 0.5) is 5.69 Å². The van der Waals surface area contributed by atoms with Gasteiger partial charge in [-0.25, -0.2) is 4.79 Å². The van der Waals surface area contributed by atoms with Gasteiger partial charge in [0.2, 0.25) is 0 Å². The average molecular weight is 453 g/mol. The molecule has 0 aliphatic heterocycles. The monoisotopic (exact) mass is 453 g/mol.